The van der Waals surface area contributed by atoms with Gasteiger partial charge in [0.05, 0.1) is 17.9 Å². The molecule has 0 saturated carbocycles. The zero-order chi connectivity index (χ0) is 15.0. The second kappa shape index (κ2) is 4.85. The van der Waals surface area contributed by atoms with Crippen LogP contribution in [0.4, 0.5) is 17.1 Å². The van der Waals surface area contributed by atoms with Crippen LogP contribution in [0.15, 0.2) is 18.5 Å². The van der Waals surface area contributed by atoms with Crippen molar-refractivity contribution in [2.45, 2.75) is 13.0 Å². The molecule has 0 aliphatic carbocycles. The summed E-state index contributed by atoms with van der Waals surface area (Å²) in [5.74, 6) is 0.485. The average molecular weight is 288 g/mol. The molecule has 3 rings (SSSR count). The molecule has 1 aliphatic heterocycles. The number of benzene rings is 1. The highest BCUT2D eigenvalue weighted by atomic mass is 16.6. The number of aryl methyl sites for hydroxylation is 1. The maximum atomic E-state index is 11.4. The van der Waals surface area contributed by atoms with Crippen LogP contribution in [0.25, 0.3) is 0 Å². The SMILES string of the molecule is Cn1cnnc1CNc1cc2c(cc1[N+](=O)[O-])CC(=O)N2. The lowest BCUT2D eigenvalue weighted by Crippen LogP contribution is -2.08. The Morgan fingerprint density at radius 1 is 1.52 bits per heavy atom. The number of hydrogen-bond donors (Lipinski definition) is 2. The Labute approximate surface area is 119 Å². The number of nitrogens with zero attached hydrogens (tertiary/aromatic N) is 4. The van der Waals surface area contributed by atoms with Crippen LogP contribution >= 0.6 is 0 Å². The Hall–Kier alpha value is -2.97. The second-order valence-electron chi connectivity index (χ2n) is 4.72. The van der Waals surface area contributed by atoms with Crippen molar-refractivity contribution < 1.29 is 9.72 Å². The van der Waals surface area contributed by atoms with Gasteiger partial charge < -0.3 is 15.2 Å². The van der Waals surface area contributed by atoms with Gasteiger partial charge in [-0.1, -0.05) is 0 Å². The van der Waals surface area contributed by atoms with E-state index in [4.69, 9.17) is 0 Å². The van der Waals surface area contributed by atoms with Crippen molar-refractivity contribution in [1.29, 1.82) is 0 Å². The van der Waals surface area contributed by atoms with Crippen molar-refractivity contribution in [3.63, 3.8) is 0 Å². The van der Waals surface area contributed by atoms with Crippen molar-refractivity contribution >= 4 is 23.0 Å². The summed E-state index contributed by atoms with van der Waals surface area (Å²) in [7, 11) is 1.79. The summed E-state index contributed by atoms with van der Waals surface area (Å²) in [6, 6.07) is 3.00. The van der Waals surface area contributed by atoms with E-state index >= 15 is 0 Å². The summed E-state index contributed by atoms with van der Waals surface area (Å²) in [4.78, 5) is 22.0. The fourth-order valence-corrected chi connectivity index (χ4v) is 2.20. The molecule has 0 spiro atoms. The van der Waals surface area contributed by atoms with E-state index in [-0.39, 0.29) is 18.0 Å². The van der Waals surface area contributed by atoms with Gasteiger partial charge in [0.25, 0.3) is 5.69 Å². The van der Waals surface area contributed by atoms with Crippen LogP contribution in [-0.4, -0.2) is 25.6 Å². The van der Waals surface area contributed by atoms with Crippen molar-refractivity contribution in [2.24, 2.45) is 7.05 Å². The number of nitro groups is 1. The summed E-state index contributed by atoms with van der Waals surface area (Å²) in [5, 5.41) is 24.4. The van der Waals surface area contributed by atoms with Crippen LogP contribution in [0.5, 0.6) is 0 Å². The van der Waals surface area contributed by atoms with Crippen LogP contribution in [0, 0.1) is 10.1 Å². The van der Waals surface area contributed by atoms with E-state index in [2.05, 4.69) is 20.8 Å². The van der Waals surface area contributed by atoms with E-state index in [0.29, 0.717) is 29.3 Å². The summed E-state index contributed by atoms with van der Waals surface area (Å²) in [6.07, 6.45) is 1.72. The molecule has 0 fully saturated rings. The largest absolute Gasteiger partial charge is 0.372 e. The molecule has 2 N–H and O–H groups in total. The fraction of sp³-hybridized carbons (Fsp3) is 0.250. The molecule has 21 heavy (non-hydrogen) atoms. The number of carbonyl (C=O) groups is 1. The van der Waals surface area contributed by atoms with Gasteiger partial charge in [0, 0.05) is 18.8 Å². The minimum Gasteiger partial charge on any atom is -0.372 e. The summed E-state index contributed by atoms with van der Waals surface area (Å²) >= 11 is 0. The Morgan fingerprint density at radius 3 is 3.00 bits per heavy atom. The van der Waals surface area contributed by atoms with E-state index < -0.39 is 4.92 Å². The Balaban J connectivity index is 1.90. The van der Waals surface area contributed by atoms with Crippen molar-refractivity contribution in [2.75, 3.05) is 10.6 Å². The summed E-state index contributed by atoms with van der Waals surface area (Å²) in [5.41, 5.74) is 1.51. The van der Waals surface area contributed by atoms with Crippen molar-refractivity contribution in [3.8, 4) is 0 Å². The maximum Gasteiger partial charge on any atom is 0.292 e. The summed E-state index contributed by atoms with van der Waals surface area (Å²) < 4.78 is 1.72. The molecule has 1 aromatic carbocycles. The average Bonchev–Trinajstić information content (AvgIpc) is 2.99. The van der Waals surface area contributed by atoms with Gasteiger partial charge in [-0.15, -0.1) is 10.2 Å². The molecule has 9 nitrogen and oxygen atoms in total. The Bertz CT molecular complexity index is 739. The third kappa shape index (κ3) is 2.40. The molecule has 0 atom stereocenters. The molecule has 0 saturated heterocycles. The smallest absolute Gasteiger partial charge is 0.292 e. The molecule has 1 aromatic heterocycles. The predicted octanol–water partition coefficient (Wildman–Crippen LogP) is 0.830. The lowest BCUT2D eigenvalue weighted by atomic mass is 10.1. The van der Waals surface area contributed by atoms with Gasteiger partial charge in [-0.05, 0) is 11.6 Å². The van der Waals surface area contributed by atoms with Gasteiger partial charge >= 0.3 is 0 Å². The normalized spacial score (nSPS) is 12.9. The van der Waals surface area contributed by atoms with Gasteiger partial charge in [0.1, 0.15) is 12.0 Å². The number of carbonyl (C=O) groups excluding carboxylic acids is 1. The molecule has 1 aliphatic rings. The number of nitrogens with one attached hydrogen (secondary N) is 2. The Kier molecular flexibility index (Phi) is 3.01. The van der Waals surface area contributed by atoms with Crippen LogP contribution in [-0.2, 0) is 24.8 Å². The van der Waals surface area contributed by atoms with Gasteiger partial charge in [0.15, 0.2) is 5.82 Å². The lowest BCUT2D eigenvalue weighted by molar-refractivity contribution is -0.384. The molecular weight excluding hydrogens is 276 g/mol. The van der Waals surface area contributed by atoms with E-state index in [1.165, 1.54) is 6.07 Å². The molecule has 0 unspecified atom stereocenters. The number of aromatic nitrogens is 3. The fourth-order valence-electron chi connectivity index (χ4n) is 2.20. The van der Waals surface area contributed by atoms with Gasteiger partial charge in [-0.3, -0.25) is 14.9 Å². The van der Waals surface area contributed by atoms with Crippen molar-refractivity contribution in [3.05, 3.63) is 40.0 Å². The van der Waals surface area contributed by atoms with E-state index in [1.807, 2.05) is 0 Å². The number of fused-ring (bicyclic) bond motifs is 1. The molecule has 1 amide bonds. The number of amides is 1. The molecular formula is C12H12N6O3. The first-order chi connectivity index (χ1) is 10.0. The second-order valence-corrected chi connectivity index (χ2v) is 4.72. The predicted molar refractivity (Wildman–Crippen MR) is 73.8 cm³/mol. The molecule has 108 valence electrons. The summed E-state index contributed by atoms with van der Waals surface area (Å²) in [6.45, 7) is 0.296. The number of hydrogen-bond acceptors (Lipinski definition) is 6. The number of anilines is 2. The van der Waals surface area contributed by atoms with Gasteiger partial charge in [-0.25, -0.2) is 0 Å². The van der Waals surface area contributed by atoms with E-state index in [0.717, 1.165) is 0 Å². The van der Waals surface area contributed by atoms with E-state index in [1.54, 1.807) is 24.0 Å². The third-order valence-corrected chi connectivity index (χ3v) is 3.29. The first-order valence-corrected chi connectivity index (χ1v) is 6.22. The molecule has 9 heteroatoms. The highest BCUT2D eigenvalue weighted by molar-refractivity contribution is 6.00. The first kappa shape index (κ1) is 13.0. The lowest BCUT2D eigenvalue weighted by Gasteiger charge is -2.08. The van der Waals surface area contributed by atoms with Gasteiger partial charge in [0.2, 0.25) is 5.91 Å². The highest BCUT2D eigenvalue weighted by Crippen LogP contribution is 2.34. The molecule has 2 aromatic rings. The minimum atomic E-state index is -0.470. The van der Waals surface area contributed by atoms with Crippen LogP contribution in [0.1, 0.15) is 11.4 Å². The van der Waals surface area contributed by atoms with Crippen molar-refractivity contribution in [1.82, 2.24) is 14.8 Å². The Morgan fingerprint density at radius 2 is 2.33 bits per heavy atom. The maximum absolute atomic E-state index is 11.4. The first-order valence-electron chi connectivity index (χ1n) is 6.22. The third-order valence-electron chi connectivity index (χ3n) is 3.29. The zero-order valence-electron chi connectivity index (χ0n) is 11.2. The van der Waals surface area contributed by atoms with Crippen LogP contribution < -0.4 is 10.6 Å². The molecule has 2 heterocycles. The van der Waals surface area contributed by atoms with E-state index in [9.17, 15) is 14.9 Å². The topological polar surface area (TPSA) is 115 Å². The molecule has 0 bridgehead atoms. The minimum absolute atomic E-state index is 0.0626. The van der Waals surface area contributed by atoms with Gasteiger partial charge in [-0.2, -0.15) is 0 Å². The number of nitro benzene ring substituents is 1. The number of rotatable bonds is 4. The zero-order valence-corrected chi connectivity index (χ0v) is 11.2. The van der Waals surface area contributed by atoms with Crippen LogP contribution in [0.2, 0.25) is 0 Å². The molecule has 0 radical (unpaired) electrons. The highest BCUT2D eigenvalue weighted by Gasteiger charge is 2.24. The monoisotopic (exact) mass is 288 g/mol. The van der Waals surface area contributed by atoms with Crippen LogP contribution in [0.3, 0.4) is 0 Å². The quantitative estimate of drug-likeness (QED) is 0.636. The standard InChI is InChI=1S/C12H12N6O3/c1-17-6-14-16-11(17)5-13-9-4-8-7(3-12(19)15-8)2-10(9)18(20)21/h2,4,6,13H,3,5H2,1H3,(H,15,19).